The standard InChI is InChI=1S/C19H26N4O3/c1-12-15(13(2)26-21-12)11-20-19(25)18-9-8-16(22(18)4)17-7-5-6-10-23(17)14(3)24/h8-9,17H,5-7,10-11H2,1-4H3,(H,20,25). The number of amides is 2. The van der Waals surface area contributed by atoms with Gasteiger partial charge in [-0.2, -0.15) is 0 Å². The summed E-state index contributed by atoms with van der Waals surface area (Å²) in [6, 6.07) is 3.82. The van der Waals surface area contributed by atoms with Crippen LogP contribution in [0.5, 0.6) is 0 Å². The smallest absolute Gasteiger partial charge is 0.268 e. The van der Waals surface area contributed by atoms with Gasteiger partial charge in [-0.3, -0.25) is 9.59 Å². The van der Waals surface area contributed by atoms with E-state index in [0.29, 0.717) is 12.2 Å². The third kappa shape index (κ3) is 3.38. The van der Waals surface area contributed by atoms with Gasteiger partial charge in [0, 0.05) is 38.3 Å². The Morgan fingerprint density at radius 3 is 2.73 bits per heavy atom. The van der Waals surface area contributed by atoms with Crippen LogP contribution in [0.25, 0.3) is 0 Å². The van der Waals surface area contributed by atoms with Gasteiger partial charge in [0.15, 0.2) is 0 Å². The number of likely N-dealkylation sites (tertiary alicyclic amines) is 1. The van der Waals surface area contributed by atoms with Gasteiger partial charge in [-0.15, -0.1) is 0 Å². The van der Waals surface area contributed by atoms with E-state index in [-0.39, 0.29) is 17.9 Å². The average Bonchev–Trinajstić information content (AvgIpc) is 3.15. The molecule has 2 aromatic heterocycles. The zero-order chi connectivity index (χ0) is 18.8. The number of hydrogen-bond acceptors (Lipinski definition) is 4. The molecule has 0 radical (unpaired) electrons. The van der Waals surface area contributed by atoms with E-state index < -0.39 is 0 Å². The SMILES string of the molecule is CC(=O)N1CCCCC1c1ccc(C(=O)NCc2c(C)noc2C)n1C. The average molecular weight is 358 g/mol. The highest BCUT2D eigenvalue weighted by Crippen LogP contribution is 2.31. The lowest BCUT2D eigenvalue weighted by Gasteiger charge is -2.35. The fourth-order valence-corrected chi connectivity index (χ4v) is 3.72. The number of nitrogens with zero attached hydrogens (tertiary/aromatic N) is 3. The molecule has 0 bridgehead atoms. The summed E-state index contributed by atoms with van der Waals surface area (Å²) >= 11 is 0. The molecule has 2 aromatic rings. The largest absolute Gasteiger partial charge is 0.361 e. The Labute approximate surface area is 153 Å². The van der Waals surface area contributed by atoms with Gasteiger partial charge in [-0.25, -0.2) is 0 Å². The molecular weight excluding hydrogens is 332 g/mol. The van der Waals surface area contributed by atoms with Crippen molar-refractivity contribution in [1.82, 2.24) is 19.9 Å². The zero-order valence-corrected chi connectivity index (χ0v) is 15.8. The first-order valence-corrected chi connectivity index (χ1v) is 9.03. The number of rotatable bonds is 4. The molecule has 1 aliphatic heterocycles. The second kappa shape index (κ2) is 7.35. The van der Waals surface area contributed by atoms with Crippen LogP contribution in [0.3, 0.4) is 0 Å². The predicted molar refractivity (Wildman–Crippen MR) is 96.5 cm³/mol. The normalized spacial score (nSPS) is 17.4. The molecule has 7 nitrogen and oxygen atoms in total. The van der Waals surface area contributed by atoms with E-state index in [4.69, 9.17) is 4.52 Å². The van der Waals surface area contributed by atoms with Crippen LogP contribution < -0.4 is 5.32 Å². The molecule has 1 N–H and O–H groups in total. The third-order valence-electron chi connectivity index (χ3n) is 5.25. The van der Waals surface area contributed by atoms with E-state index in [2.05, 4.69) is 10.5 Å². The fraction of sp³-hybridized carbons (Fsp3) is 0.526. The van der Waals surface area contributed by atoms with Gasteiger partial charge in [0.2, 0.25) is 5.91 Å². The number of aromatic nitrogens is 2. The molecule has 1 fully saturated rings. The maximum absolute atomic E-state index is 12.6. The van der Waals surface area contributed by atoms with E-state index in [1.54, 1.807) is 6.92 Å². The van der Waals surface area contributed by atoms with Gasteiger partial charge >= 0.3 is 0 Å². The molecule has 0 aliphatic carbocycles. The second-order valence-electron chi connectivity index (χ2n) is 6.91. The number of aryl methyl sites for hydroxylation is 2. The molecule has 1 aliphatic rings. The van der Waals surface area contributed by atoms with Gasteiger partial charge in [-0.05, 0) is 45.2 Å². The van der Waals surface area contributed by atoms with E-state index in [0.717, 1.165) is 48.5 Å². The van der Waals surface area contributed by atoms with Gasteiger partial charge in [0.1, 0.15) is 11.5 Å². The minimum absolute atomic E-state index is 0.0374. The van der Waals surface area contributed by atoms with Gasteiger partial charge in [0.25, 0.3) is 5.91 Å². The molecule has 2 amide bonds. The van der Waals surface area contributed by atoms with Crippen LogP contribution in [0.4, 0.5) is 0 Å². The Morgan fingerprint density at radius 2 is 2.08 bits per heavy atom. The minimum Gasteiger partial charge on any atom is -0.361 e. The minimum atomic E-state index is -0.149. The first-order chi connectivity index (χ1) is 12.4. The molecule has 1 unspecified atom stereocenters. The number of piperidine rings is 1. The highest BCUT2D eigenvalue weighted by atomic mass is 16.5. The van der Waals surface area contributed by atoms with Crippen molar-refractivity contribution in [2.24, 2.45) is 7.05 Å². The highest BCUT2D eigenvalue weighted by molar-refractivity contribution is 5.93. The van der Waals surface area contributed by atoms with Gasteiger partial charge in [-0.1, -0.05) is 5.16 Å². The summed E-state index contributed by atoms with van der Waals surface area (Å²) in [5.74, 6) is 0.652. The second-order valence-corrected chi connectivity index (χ2v) is 6.91. The van der Waals surface area contributed by atoms with E-state index in [1.807, 2.05) is 42.5 Å². The maximum atomic E-state index is 12.6. The number of carbonyl (C=O) groups excluding carboxylic acids is 2. The van der Waals surface area contributed by atoms with Crippen molar-refractivity contribution in [3.05, 3.63) is 40.5 Å². The van der Waals surface area contributed by atoms with Gasteiger partial charge < -0.3 is 19.3 Å². The van der Waals surface area contributed by atoms with Crippen molar-refractivity contribution >= 4 is 11.8 Å². The summed E-state index contributed by atoms with van der Waals surface area (Å²) in [5.41, 5.74) is 3.28. The molecule has 26 heavy (non-hydrogen) atoms. The first kappa shape index (κ1) is 18.2. The Bertz CT molecular complexity index is 801. The van der Waals surface area contributed by atoms with Crippen LogP contribution >= 0.6 is 0 Å². The van der Waals surface area contributed by atoms with Crippen LogP contribution in [0, 0.1) is 13.8 Å². The number of hydrogen-bond donors (Lipinski definition) is 1. The third-order valence-corrected chi connectivity index (χ3v) is 5.25. The lowest BCUT2D eigenvalue weighted by atomic mass is 9.99. The molecule has 0 aromatic carbocycles. The van der Waals surface area contributed by atoms with E-state index in [9.17, 15) is 9.59 Å². The summed E-state index contributed by atoms with van der Waals surface area (Å²) in [5, 5.41) is 6.84. The molecule has 7 heteroatoms. The Morgan fingerprint density at radius 1 is 1.31 bits per heavy atom. The van der Waals surface area contributed by atoms with Crippen molar-refractivity contribution in [2.75, 3.05) is 6.54 Å². The van der Waals surface area contributed by atoms with Crippen LogP contribution in [-0.4, -0.2) is 33.0 Å². The number of nitrogens with one attached hydrogen (secondary N) is 1. The van der Waals surface area contributed by atoms with Crippen molar-refractivity contribution in [1.29, 1.82) is 0 Å². The molecule has 3 rings (SSSR count). The topological polar surface area (TPSA) is 80.4 Å². The summed E-state index contributed by atoms with van der Waals surface area (Å²) < 4.78 is 7.03. The quantitative estimate of drug-likeness (QED) is 0.911. The van der Waals surface area contributed by atoms with Crippen LogP contribution in [0.2, 0.25) is 0 Å². The molecule has 1 saturated heterocycles. The summed E-state index contributed by atoms with van der Waals surface area (Å²) in [4.78, 5) is 26.5. The van der Waals surface area contributed by atoms with Crippen LogP contribution in [0.1, 0.15) is 65.4 Å². The molecule has 140 valence electrons. The molecule has 3 heterocycles. The van der Waals surface area contributed by atoms with Crippen molar-refractivity contribution in [3.8, 4) is 0 Å². The highest BCUT2D eigenvalue weighted by Gasteiger charge is 2.28. The van der Waals surface area contributed by atoms with E-state index in [1.165, 1.54) is 0 Å². The van der Waals surface area contributed by atoms with Crippen LogP contribution in [0.15, 0.2) is 16.7 Å². The summed E-state index contributed by atoms with van der Waals surface area (Å²) in [6.07, 6.45) is 3.05. The summed E-state index contributed by atoms with van der Waals surface area (Å²) in [7, 11) is 1.88. The fourth-order valence-electron chi connectivity index (χ4n) is 3.72. The monoisotopic (exact) mass is 358 g/mol. The molecule has 1 atom stereocenters. The number of carbonyl (C=O) groups is 2. The molecule has 0 spiro atoms. The Hall–Kier alpha value is -2.57. The zero-order valence-electron chi connectivity index (χ0n) is 15.8. The predicted octanol–water partition coefficient (Wildman–Crippen LogP) is 2.63. The Kier molecular flexibility index (Phi) is 5.15. The lowest BCUT2D eigenvalue weighted by molar-refractivity contribution is -0.132. The van der Waals surface area contributed by atoms with Crippen molar-refractivity contribution in [3.63, 3.8) is 0 Å². The van der Waals surface area contributed by atoms with Crippen molar-refractivity contribution < 1.29 is 14.1 Å². The van der Waals surface area contributed by atoms with Crippen LogP contribution in [-0.2, 0) is 18.4 Å². The molecular formula is C19H26N4O3. The lowest BCUT2D eigenvalue weighted by Crippen LogP contribution is -2.38. The summed E-state index contributed by atoms with van der Waals surface area (Å²) in [6.45, 7) is 6.46. The molecule has 0 saturated carbocycles. The van der Waals surface area contributed by atoms with Gasteiger partial charge in [0.05, 0.1) is 11.7 Å². The first-order valence-electron chi connectivity index (χ1n) is 9.03. The van der Waals surface area contributed by atoms with E-state index >= 15 is 0 Å². The maximum Gasteiger partial charge on any atom is 0.268 e. The van der Waals surface area contributed by atoms with Crippen molar-refractivity contribution in [2.45, 2.75) is 52.6 Å². The Balaban J connectivity index is 1.75.